The van der Waals surface area contributed by atoms with E-state index in [2.05, 4.69) is 0 Å². The molecule has 0 saturated heterocycles. The fourth-order valence-corrected chi connectivity index (χ4v) is 7.09. The lowest BCUT2D eigenvalue weighted by Gasteiger charge is -2.34. The molecule has 0 bridgehead atoms. The summed E-state index contributed by atoms with van der Waals surface area (Å²) in [5.41, 5.74) is 0.986. The van der Waals surface area contributed by atoms with Gasteiger partial charge in [-0.05, 0) is 61.7 Å². The summed E-state index contributed by atoms with van der Waals surface area (Å²) in [4.78, 5) is 17.7. The Labute approximate surface area is 211 Å². The van der Waals surface area contributed by atoms with Crippen molar-refractivity contribution in [1.29, 1.82) is 0 Å². The number of carbonyl (C=O) groups excluding carboxylic acids is 1. The molecule has 3 aromatic rings. The molecule has 1 fully saturated rings. The predicted molar refractivity (Wildman–Crippen MR) is 137 cm³/mol. The van der Waals surface area contributed by atoms with E-state index >= 15 is 0 Å². The summed E-state index contributed by atoms with van der Waals surface area (Å²) >= 11 is 1.63. The molecule has 8 heteroatoms. The van der Waals surface area contributed by atoms with Crippen LogP contribution in [0, 0.1) is 12.7 Å². The van der Waals surface area contributed by atoms with Crippen LogP contribution in [0.3, 0.4) is 0 Å². The van der Waals surface area contributed by atoms with Crippen LogP contribution in [0.5, 0.6) is 0 Å². The maximum Gasteiger partial charge on any atom is 0.243 e. The number of rotatable bonds is 9. The molecular weight excluding hydrogens is 483 g/mol. The summed E-state index contributed by atoms with van der Waals surface area (Å²) in [6, 6.07) is 18.4. The number of hydrogen-bond acceptors (Lipinski definition) is 4. The molecule has 1 heterocycles. The summed E-state index contributed by atoms with van der Waals surface area (Å²) in [6.45, 7) is 2.60. The second kappa shape index (κ2) is 11.5. The summed E-state index contributed by atoms with van der Waals surface area (Å²) in [6.07, 6.45) is 4.35. The second-order valence-corrected chi connectivity index (χ2v) is 12.3. The van der Waals surface area contributed by atoms with Crippen molar-refractivity contribution in [2.24, 2.45) is 0 Å². The fraction of sp³-hybridized carbons (Fsp3) is 0.370. The molecular formula is C27H31FN2O3S2. The third-order valence-electron chi connectivity index (χ3n) is 6.40. The molecule has 1 aliphatic rings. The minimum atomic E-state index is -3.97. The van der Waals surface area contributed by atoms with Crippen LogP contribution < -0.4 is 0 Å². The van der Waals surface area contributed by atoms with Crippen molar-refractivity contribution in [2.75, 3.05) is 6.54 Å². The molecule has 1 amide bonds. The molecule has 2 aromatic carbocycles. The van der Waals surface area contributed by atoms with Gasteiger partial charge in [-0.15, -0.1) is 11.3 Å². The van der Waals surface area contributed by atoms with Crippen LogP contribution in [-0.4, -0.2) is 36.1 Å². The molecule has 5 nitrogen and oxygen atoms in total. The van der Waals surface area contributed by atoms with E-state index < -0.39 is 15.8 Å². The van der Waals surface area contributed by atoms with E-state index in [1.807, 2.05) is 49.4 Å². The Balaban J connectivity index is 1.62. The number of carbonyl (C=O) groups is 1. The maximum absolute atomic E-state index is 13.7. The van der Waals surface area contributed by atoms with Crippen LogP contribution >= 0.6 is 11.3 Å². The van der Waals surface area contributed by atoms with Crippen molar-refractivity contribution >= 4 is 27.3 Å². The van der Waals surface area contributed by atoms with Gasteiger partial charge < -0.3 is 4.90 Å². The zero-order valence-corrected chi connectivity index (χ0v) is 21.5. The Morgan fingerprint density at radius 3 is 2.26 bits per heavy atom. The van der Waals surface area contributed by atoms with Crippen molar-refractivity contribution in [3.05, 3.63) is 87.9 Å². The first-order valence-corrected chi connectivity index (χ1v) is 14.2. The van der Waals surface area contributed by atoms with Crippen molar-refractivity contribution < 1.29 is 17.6 Å². The van der Waals surface area contributed by atoms with E-state index in [4.69, 9.17) is 0 Å². The lowest BCUT2D eigenvalue weighted by molar-refractivity contribution is -0.133. The Morgan fingerprint density at radius 2 is 1.63 bits per heavy atom. The highest BCUT2D eigenvalue weighted by Gasteiger charge is 2.35. The number of nitrogens with zero attached hydrogens (tertiary/aromatic N) is 2. The third kappa shape index (κ3) is 6.57. The van der Waals surface area contributed by atoms with E-state index in [9.17, 15) is 17.6 Å². The van der Waals surface area contributed by atoms with Crippen LogP contribution in [0.4, 0.5) is 4.39 Å². The largest absolute Gasteiger partial charge is 0.332 e. The van der Waals surface area contributed by atoms with Gasteiger partial charge in [-0.3, -0.25) is 4.79 Å². The zero-order valence-electron chi connectivity index (χ0n) is 19.9. The molecule has 35 heavy (non-hydrogen) atoms. The van der Waals surface area contributed by atoms with Crippen molar-refractivity contribution in [3.8, 4) is 0 Å². The van der Waals surface area contributed by atoms with Gasteiger partial charge in [-0.25, -0.2) is 12.8 Å². The average Bonchev–Trinajstić information content (AvgIpc) is 3.28. The molecule has 1 aromatic heterocycles. The number of amides is 1. The van der Waals surface area contributed by atoms with Gasteiger partial charge in [0.15, 0.2) is 0 Å². The number of thiophene rings is 1. The maximum atomic E-state index is 13.7. The van der Waals surface area contributed by atoms with Crippen LogP contribution in [0.25, 0.3) is 0 Å². The first-order valence-electron chi connectivity index (χ1n) is 12.0. The van der Waals surface area contributed by atoms with E-state index in [0.29, 0.717) is 13.1 Å². The smallest absolute Gasteiger partial charge is 0.243 e. The molecule has 0 unspecified atom stereocenters. The topological polar surface area (TPSA) is 57.7 Å². The molecule has 0 radical (unpaired) electrons. The van der Waals surface area contributed by atoms with Gasteiger partial charge in [-0.1, -0.05) is 49.6 Å². The highest BCUT2D eigenvalue weighted by atomic mass is 32.2. The van der Waals surface area contributed by atoms with Gasteiger partial charge in [-0.2, -0.15) is 4.31 Å². The molecule has 186 valence electrons. The Bertz CT molecular complexity index is 1220. The van der Waals surface area contributed by atoms with Crippen LogP contribution in [0.15, 0.2) is 71.6 Å². The van der Waals surface area contributed by atoms with Gasteiger partial charge in [0.25, 0.3) is 0 Å². The summed E-state index contributed by atoms with van der Waals surface area (Å²) < 4.78 is 42.2. The summed E-state index contributed by atoms with van der Waals surface area (Å²) in [5.74, 6) is -0.735. The van der Waals surface area contributed by atoms with Crippen LogP contribution in [0.1, 0.15) is 47.4 Å². The van der Waals surface area contributed by atoms with Crippen molar-refractivity contribution in [1.82, 2.24) is 9.21 Å². The summed E-state index contributed by atoms with van der Waals surface area (Å²) in [5, 5.41) is 0. The Hall–Kier alpha value is -2.55. The van der Waals surface area contributed by atoms with Crippen LogP contribution in [0.2, 0.25) is 0 Å². The predicted octanol–water partition coefficient (Wildman–Crippen LogP) is 5.75. The average molecular weight is 515 g/mol. The van der Waals surface area contributed by atoms with Crippen molar-refractivity contribution in [3.63, 3.8) is 0 Å². The third-order valence-corrected chi connectivity index (χ3v) is 9.30. The van der Waals surface area contributed by atoms with Gasteiger partial charge in [0, 0.05) is 22.3 Å². The highest BCUT2D eigenvalue weighted by Crippen LogP contribution is 2.28. The van der Waals surface area contributed by atoms with Gasteiger partial charge >= 0.3 is 0 Å². The van der Waals surface area contributed by atoms with Crippen molar-refractivity contribution in [2.45, 2.75) is 63.1 Å². The molecule has 0 atom stereocenters. The lowest BCUT2D eigenvalue weighted by Crippen LogP contribution is -2.47. The number of aryl methyl sites for hydroxylation is 1. The summed E-state index contributed by atoms with van der Waals surface area (Å²) in [7, 11) is -3.97. The van der Waals surface area contributed by atoms with E-state index in [-0.39, 0.29) is 23.4 Å². The van der Waals surface area contributed by atoms with E-state index in [0.717, 1.165) is 59.6 Å². The number of benzene rings is 2. The standard InChI is InChI=1S/C27H31FN2O3S2/c1-21-12-15-25(34-21)19-29(18-22-8-4-2-5-9-22)27(31)20-30(24-10-6-3-7-11-24)35(32,33)26-16-13-23(28)14-17-26/h2,4-5,8-9,12-17,24H,3,6-7,10-11,18-20H2,1H3. The molecule has 0 aliphatic heterocycles. The minimum Gasteiger partial charge on any atom is -0.332 e. The molecule has 0 spiro atoms. The van der Waals surface area contributed by atoms with Gasteiger partial charge in [0.05, 0.1) is 18.0 Å². The van der Waals surface area contributed by atoms with E-state index in [1.54, 1.807) is 16.2 Å². The number of halogens is 1. The number of sulfonamides is 1. The Morgan fingerprint density at radius 1 is 0.943 bits per heavy atom. The van der Waals surface area contributed by atoms with Crippen LogP contribution in [-0.2, 0) is 27.9 Å². The monoisotopic (exact) mass is 514 g/mol. The quantitative estimate of drug-likeness (QED) is 0.365. The normalized spacial score (nSPS) is 14.8. The van der Waals surface area contributed by atoms with E-state index in [1.165, 1.54) is 16.4 Å². The molecule has 1 aliphatic carbocycles. The highest BCUT2D eigenvalue weighted by molar-refractivity contribution is 7.89. The molecule has 0 N–H and O–H groups in total. The first kappa shape index (κ1) is 25.5. The Kier molecular flexibility index (Phi) is 8.36. The number of hydrogen-bond donors (Lipinski definition) is 0. The first-order chi connectivity index (χ1) is 16.8. The molecule has 1 saturated carbocycles. The fourth-order valence-electron chi connectivity index (χ4n) is 4.55. The molecule has 4 rings (SSSR count). The second-order valence-electron chi connectivity index (χ2n) is 9.04. The van der Waals surface area contributed by atoms with Gasteiger partial charge in [0.1, 0.15) is 5.82 Å². The van der Waals surface area contributed by atoms with Gasteiger partial charge in [0.2, 0.25) is 15.9 Å². The zero-order chi connectivity index (χ0) is 24.8. The minimum absolute atomic E-state index is 0.0146. The SMILES string of the molecule is Cc1ccc(CN(Cc2ccccc2)C(=O)CN(C2CCCCC2)S(=O)(=O)c2ccc(F)cc2)s1. The lowest BCUT2D eigenvalue weighted by atomic mass is 9.95.